The molecule has 0 spiro atoms. The van der Waals surface area contributed by atoms with E-state index < -0.39 is 6.09 Å². The Morgan fingerprint density at radius 2 is 1.58 bits per heavy atom. The number of fused-ring (bicyclic) bond motifs is 1. The van der Waals surface area contributed by atoms with Crippen molar-refractivity contribution in [1.29, 1.82) is 0 Å². The summed E-state index contributed by atoms with van der Waals surface area (Å²) in [4.78, 5) is 28.3. The highest BCUT2D eigenvalue weighted by atomic mass is 16.7. The second-order valence-electron chi connectivity index (χ2n) is 5.00. The molecular weight excluding hydrogens is 304 g/mol. The molecule has 0 unspecified atom stereocenters. The van der Waals surface area contributed by atoms with Crippen LogP contribution in [0.2, 0.25) is 0 Å². The standard InChI is InChI=1S/C19H14N2O3/c22-18(15-8-2-1-3-9-15)13-20-24-19(23)21-17-12-6-10-14-7-4-5-11-16(14)17/h1-13H,(H,21,23). The number of nitrogens with zero attached hydrogens (tertiary/aromatic N) is 1. The quantitative estimate of drug-likeness (QED) is 0.338. The Hall–Kier alpha value is -3.47. The molecule has 0 radical (unpaired) electrons. The lowest BCUT2D eigenvalue weighted by Gasteiger charge is -2.06. The maximum absolute atomic E-state index is 11.8. The van der Waals surface area contributed by atoms with Gasteiger partial charge < -0.3 is 0 Å². The Kier molecular flexibility index (Phi) is 4.62. The number of hydrogen-bond acceptors (Lipinski definition) is 4. The third-order valence-electron chi connectivity index (χ3n) is 3.39. The van der Waals surface area contributed by atoms with Gasteiger partial charge in [0.15, 0.2) is 0 Å². The highest BCUT2D eigenvalue weighted by Gasteiger charge is 2.07. The molecular formula is C19H14N2O3. The minimum atomic E-state index is -0.761. The van der Waals surface area contributed by atoms with Gasteiger partial charge in [-0.1, -0.05) is 71.9 Å². The number of amides is 1. The van der Waals surface area contributed by atoms with E-state index in [1.807, 2.05) is 42.5 Å². The van der Waals surface area contributed by atoms with Crippen molar-refractivity contribution >= 4 is 34.6 Å². The van der Waals surface area contributed by atoms with Crippen LogP contribution in [0.25, 0.3) is 10.8 Å². The SMILES string of the molecule is O=C(Nc1cccc2ccccc12)ON=CC(=O)c1ccccc1. The fourth-order valence-electron chi connectivity index (χ4n) is 2.27. The predicted octanol–water partition coefficient (Wildman–Crippen LogP) is 4.26. The lowest BCUT2D eigenvalue weighted by atomic mass is 10.1. The monoisotopic (exact) mass is 318 g/mol. The van der Waals surface area contributed by atoms with E-state index in [0.29, 0.717) is 11.3 Å². The van der Waals surface area contributed by atoms with E-state index in [4.69, 9.17) is 0 Å². The van der Waals surface area contributed by atoms with E-state index in [9.17, 15) is 9.59 Å². The first-order chi connectivity index (χ1) is 11.7. The van der Waals surface area contributed by atoms with Crippen LogP contribution in [-0.2, 0) is 4.84 Å². The molecule has 0 atom stereocenters. The number of rotatable bonds is 4. The van der Waals surface area contributed by atoms with Gasteiger partial charge in [0.1, 0.15) is 6.21 Å². The summed E-state index contributed by atoms with van der Waals surface area (Å²) in [6.07, 6.45) is 0.210. The molecule has 0 aliphatic heterocycles. The Morgan fingerprint density at radius 3 is 2.42 bits per heavy atom. The van der Waals surface area contributed by atoms with Gasteiger partial charge in [-0.2, -0.15) is 0 Å². The fraction of sp³-hybridized carbons (Fsp3) is 0. The minimum Gasteiger partial charge on any atom is -0.298 e. The Morgan fingerprint density at radius 1 is 0.875 bits per heavy atom. The summed E-state index contributed by atoms with van der Waals surface area (Å²) < 4.78 is 0. The number of Topliss-reactive ketones (excluding diaryl/α,β-unsaturated/α-hetero) is 1. The number of carbonyl (C=O) groups is 2. The summed E-state index contributed by atoms with van der Waals surface area (Å²) in [5, 5.41) is 7.94. The van der Waals surface area contributed by atoms with E-state index in [-0.39, 0.29) is 5.78 Å². The lowest BCUT2D eigenvalue weighted by molar-refractivity contribution is 0.106. The first-order valence-corrected chi connectivity index (χ1v) is 7.32. The number of carbonyl (C=O) groups excluding carboxylic acids is 2. The molecule has 118 valence electrons. The third kappa shape index (κ3) is 3.64. The van der Waals surface area contributed by atoms with Crippen molar-refractivity contribution in [2.45, 2.75) is 0 Å². The first-order valence-electron chi connectivity index (χ1n) is 7.32. The zero-order chi connectivity index (χ0) is 16.8. The second kappa shape index (κ2) is 7.19. The molecule has 0 aliphatic rings. The molecule has 0 bridgehead atoms. The highest BCUT2D eigenvalue weighted by molar-refractivity contribution is 6.35. The number of nitrogens with one attached hydrogen (secondary N) is 1. The second-order valence-corrected chi connectivity index (χ2v) is 5.00. The number of hydrogen-bond donors (Lipinski definition) is 1. The van der Waals surface area contributed by atoms with Crippen LogP contribution in [0.4, 0.5) is 10.5 Å². The van der Waals surface area contributed by atoms with Crippen molar-refractivity contribution in [2.24, 2.45) is 5.16 Å². The molecule has 5 nitrogen and oxygen atoms in total. The average molecular weight is 318 g/mol. The Balaban J connectivity index is 1.63. The van der Waals surface area contributed by atoms with Crippen LogP contribution in [0.15, 0.2) is 78.0 Å². The normalized spacial score (nSPS) is 10.7. The van der Waals surface area contributed by atoms with Crippen LogP contribution >= 0.6 is 0 Å². The number of anilines is 1. The van der Waals surface area contributed by atoms with Crippen molar-refractivity contribution in [2.75, 3.05) is 5.32 Å². The van der Waals surface area contributed by atoms with Crippen molar-refractivity contribution in [3.8, 4) is 0 Å². The minimum absolute atomic E-state index is 0.339. The molecule has 5 heteroatoms. The summed E-state index contributed by atoms with van der Waals surface area (Å²) in [6.45, 7) is 0. The van der Waals surface area contributed by atoms with Crippen LogP contribution < -0.4 is 5.32 Å². The molecule has 3 aromatic carbocycles. The molecule has 0 aromatic heterocycles. The summed E-state index contributed by atoms with van der Waals surface area (Å²) in [6, 6.07) is 21.8. The van der Waals surface area contributed by atoms with Gasteiger partial charge in [0.2, 0.25) is 5.78 Å². The average Bonchev–Trinajstić information content (AvgIpc) is 2.63. The lowest BCUT2D eigenvalue weighted by Crippen LogP contribution is -2.12. The number of benzene rings is 3. The molecule has 0 heterocycles. The van der Waals surface area contributed by atoms with Crippen LogP contribution in [0.5, 0.6) is 0 Å². The molecule has 24 heavy (non-hydrogen) atoms. The van der Waals surface area contributed by atoms with Gasteiger partial charge in [0.05, 0.1) is 5.69 Å². The van der Waals surface area contributed by atoms with Gasteiger partial charge >= 0.3 is 6.09 Å². The highest BCUT2D eigenvalue weighted by Crippen LogP contribution is 2.22. The smallest absolute Gasteiger partial charge is 0.298 e. The number of oxime groups is 1. The number of ketones is 1. The first kappa shape index (κ1) is 15.4. The fourth-order valence-corrected chi connectivity index (χ4v) is 2.27. The third-order valence-corrected chi connectivity index (χ3v) is 3.39. The van der Waals surface area contributed by atoms with Gasteiger partial charge in [0.25, 0.3) is 0 Å². The van der Waals surface area contributed by atoms with E-state index in [2.05, 4.69) is 15.3 Å². The molecule has 0 fully saturated rings. The molecule has 0 saturated heterocycles. The van der Waals surface area contributed by atoms with Gasteiger partial charge in [-0.05, 0) is 11.5 Å². The maximum atomic E-state index is 11.8. The van der Waals surface area contributed by atoms with Gasteiger partial charge in [-0.15, -0.1) is 0 Å². The largest absolute Gasteiger partial charge is 0.437 e. The summed E-state index contributed by atoms with van der Waals surface area (Å²) >= 11 is 0. The molecule has 1 amide bonds. The summed E-state index contributed by atoms with van der Waals surface area (Å²) in [5.74, 6) is -0.339. The molecule has 0 saturated carbocycles. The molecule has 3 aromatic rings. The van der Waals surface area contributed by atoms with E-state index >= 15 is 0 Å². The van der Waals surface area contributed by atoms with Crippen molar-refractivity contribution in [3.63, 3.8) is 0 Å². The van der Waals surface area contributed by atoms with E-state index in [1.165, 1.54) is 0 Å². The van der Waals surface area contributed by atoms with Crippen LogP contribution in [-0.4, -0.2) is 18.1 Å². The molecule has 3 rings (SSSR count). The summed E-state index contributed by atoms with van der Waals surface area (Å²) in [7, 11) is 0. The topological polar surface area (TPSA) is 67.8 Å². The molecule has 0 aliphatic carbocycles. The van der Waals surface area contributed by atoms with Crippen molar-refractivity contribution in [1.82, 2.24) is 0 Å². The zero-order valence-electron chi connectivity index (χ0n) is 12.7. The van der Waals surface area contributed by atoms with E-state index in [0.717, 1.165) is 17.0 Å². The van der Waals surface area contributed by atoms with Crippen molar-refractivity contribution < 1.29 is 14.4 Å². The maximum Gasteiger partial charge on any atom is 0.437 e. The molecule has 1 N–H and O–H groups in total. The van der Waals surface area contributed by atoms with Gasteiger partial charge in [-0.25, -0.2) is 4.79 Å². The Labute approximate surface area is 138 Å². The predicted molar refractivity (Wildman–Crippen MR) is 93.3 cm³/mol. The van der Waals surface area contributed by atoms with E-state index in [1.54, 1.807) is 30.3 Å². The van der Waals surface area contributed by atoms with Crippen LogP contribution in [0.3, 0.4) is 0 Å². The van der Waals surface area contributed by atoms with Crippen molar-refractivity contribution in [3.05, 3.63) is 78.4 Å². The zero-order valence-corrected chi connectivity index (χ0v) is 12.7. The van der Waals surface area contributed by atoms with Crippen LogP contribution in [0, 0.1) is 0 Å². The Bertz CT molecular complexity index is 899. The van der Waals surface area contributed by atoms with Gasteiger partial charge in [-0.3, -0.25) is 14.9 Å². The van der Waals surface area contributed by atoms with Gasteiger partial charge in [0, 0.05) is 10.9 Å². The summed E-state index contributed by atoms with van der Waals surface area (Å²) in [5.41, 5.74) is 1.09. The van der Waals surface area contributed by atoms with Crippen LogP contribution in [0.1, 0.15) is 10.4 Å².